The van der Waals surface area contributed by atoms with Gasteiger partial charge in [0.15, 0.2) is 11.6 Å². The summed E-state index contributed by atoms with van der Waals surface area (Å²) in [5.41, 5.74) is 0.496. The minimum absolute atomic E-state index is 0.00141. The van der Waals surface area contributed by atoms with Gasteiger partial charge in [0.25, 0.3) is 0 Å². The molecule has 2 amide bonds. The van der Waals surface area contributed by atoms with Crippen molar-refractivity contribution in [3.8, 4) is 5.75 Å². The van der Waals surface area contributed by atoms with Crippen LogP contribution in [0.5, 0.6) is 5.75 Å². The Morgan fingerprint density at radius 1 is 1.39 bits per heavy atom. The van der Waals surface area contributed by atoms with Gasteiger partial charge in [-0.25, -0.2) is 4.39 Å². The maximum Gasteiger partial charge on any atom is 0.229 e. The van der Waals surface area contributed by atoms with Crippen LogP contribution >= 0.6 is 0 Å². The predicted octanol–water partition coefficient (Wildman–Crippen LogP) is 0.389. The normalized spacial score (nSPS) is 24.5. The van der Waals surface area contributed by atoms with Crippen LogP contribution in [0.25, 0.3) is 0 Å². The molecule has 0 unspecified atom stereocenters. The standard InChI is InChI=1S/C16H19FN2O4/c1-18-12-7-19(6-11(16(18)22)8-23-9-12)15(21)5-10-2-3-14(20)13(17)4-10/h2-4,11-12,20H,5-9H2,1H3/t11-,12+/m1/s1. The van der Waals surface area contributed by atoms with Crippen LogP contribution in [0, 0.1) is 11.7 Å². The molecule has 1 aromatic carbocycles. The Kier molecular flexibility index (Phi) is 4.21. The number of amides is 2. The Balaban J connectivity index is 1.74. The molecule has 6 nitrogen and oxygen atoms in total. The van der Waals surface area contributed by atoms with Crippen LogP contribution in [0.4, 0.5) is 4.39 Å². The van der Waals surface area contributed by atoms with Gasteiger partial charge in [0.1, 0.15) is 0 Å². The van der Waals surface area contributed by atoms with E-state index in [4.69, 9.17) is 4.74 Å². The zero-order chi connectivity index (χ0) is 16.6. The van der Waals surface area contributed by atoms with Crippen LogP contribution in [0.1, 0.15) is 5.56 Å². The van der Waals surface area contributed by atoms with Gasteiger partial charge in [-0.15, -0.1) is 0 Å². The second-order valence-electron chi connectivity index (χ2n) is 6.10. The van der Waals surface area contributed by atoms with Crippen molar-refractivity contribution >= 4 is 11.8 Å². The molecule has 2 fully saturated rings. The Labute approximate surface area is 133 Å². The molecular formula is C16H19FN2O4. The number of likely N-dealkylation sites (N-methyl/N-ethyl adjacent to an activating group) is 1. The molecule has 1 aromatic rings. The highest BCUT2D eigenvalue weighted by Gasteiger charge is 2.38. The maximum atomic E-state index is 13.4. The van der Waals surface area contributed by atoms with E-state index < -0.39 is 11.6 Å². The molecule has 2 bridgehead atoms. The number of halogens is 1. The third-order valence-electron chi connectivity index (χ3n) is 4.47. The van der Waals surface area contributed by atoms with Gasteiger partial charge in [0.05, 0.1) is 31.6 Å². The van der Waals surface area contributed by atoms with E-state index in [2.05, 4.69) is 0 Å². The minimum Gasteiger partial charge on any atom is -0.505 e. The average molecular weight is 322 g/mol. The third-order valence-corrected chi connectivity index (χ3v) is 4.47. The molecule has 7 heteroatoms. The molecule has 0 saturated carbocycles. The van der Waals surface area contributed by atoms with Crippen molar-refractivity contribution in [2.24, 2.45) is 5.92 Å². The summed E-state index contributed by atoms with van der Waals surface area (Å²) in [4.78, 5) is 28.1. The molecule has 124 valence electrons. The third kappa shape index (κ3) is 3.14. The van der Waals surface area contributed by atoms with Gasteiger partial charge >= 0.3 is 0 Å². The SMILES string of the molecule is CN1C(=O)[C@H]2COC[C@@H]1CN(C(=O)Cc1ccc(O)c(F)c1)C2. The van der Waals surface area contributed by atoms with Crippen LogP contribution in [0.15, 0.2) is 18.2 Å². The van der Waals surface area contributed by atoms with Crippen molar-refractivity contribution in [3.63, 3.8) is 0 Å². The number of aromatic hydroxyl groups is 1. The minimum atomic E-state index is -0.744. The molecule has 23 heavy (non-hydrogen) atoms. The zero-order valence-corrected chi connectivity index (χ0v) is 12.9. The first-order valence-electron chi connectivity index (χ1n) is 7.55. The van der Waals surface area contributed by atoms with Crippen molar-refractivity contribution in [1.82, 2.24) is 9.80 Å². The number of phenols is 1. The number of benzene rings is 1. The second kappa shape index (κ2) is 6.16. The van der Waals surface area contributed by atoms with Crippen molar-refractivity contribution < 1.29 is 23.8 Å². The maximum absolute atomic E-state index is 13.4. The molecule has 2 aliphatic rings. The van der Waals surface area contributed by atoms with Gasteiger partial charge in [-0.1, -0.05) is 6.07 Å². The average Bonchev–Trinajstić information content (AvgIpc) is 2.69. The van der Waals surface area contributed by atoms with Gasteiger partial charge in [-0.2, -0.15) is 0 Å². The van der Waals surface area contributed by atoms with Crippen LogP contribution in [-0.4, -0.2) is 66.1 Å². The van der Waals surface area contributed by atoms with Gasteiger partial charge in [0.2, 0.25) is 11.8 Å². The monoisotopic (exact) mass is 322 g/mol. The summed E-state index contributed by atoms with van der Waals surface area (Å²) in [6.45, 7) is 1.46. The Hall–Kier alpha value is -2.15. The molecule has 0 radical (unpaired) electrons. The predicted molar refractivity (Wildman–Crippen MR) is 79.2 cm³/mol. The lowest BCUT2D eigenvalue weighted by Gasteiger charge is -2.29. The Bertz CT molecular complexity index is 637. The number of rotatable bonds is 2. The van der Waals surface area contributed by atoms with E-state index in [-0.39, 0.29) is 30.2 Å². The number of phenolic OH excluding ortho intramolecular Hbond substituents is 1. The molecule has 2 heterocycles. The lowest BCUT2D eigenvalue weighted by molar-refractivity contribution is -0.134. The number of carbonyl (C=O) groups excluding carboxylic acids is 2. The molecule has 0 aromatic heterocycles. The van der Waals surface area contributed by atoms with E-state index >= 15 is 0 Å². The van der Waals surface area contributed by atoms with Crippen molar-refractivity contribution in [2.75, 3.05) is 33.4 Å². The summed E-state index contributed by atoms with van der Waals surface area (Å²) in [5, 5.41) is 9.20. The summed E-state index contributed by atoms with van der Waals surface area (Å²) in [6.07, 6.45) is 0.0371. The smallest absolute Gasteiger partial charge is 0.229 e. The number of nitrogens with zero attached hydrogens (tertiary/aromatic N) is 2. The molecule has 3 rings (SSSR count). The molecule has 2 aliphatic heterocycles. The topological polar surface area (TPSA) is 70.1 Å². The lowest BCUT2D eigenvalue weighted by atomic mass is 10.1. The number of fused-ring (bicyclic) bond motifs is 3. The quantitative estimate of drug-likeness (QED) is 0.855. The zero-order valence-electron chi connectivity index (χ0n) is 12.9. The first-order chi connectivity index (χ1) is 11.0. The van der Waals surface area contributed by atoms with Crippen molar-refractivity contribution in [2.45, 2.75) is 12.5 Å². The van der Waals surface area contributed by atoms with E-state index in [1.165, 1.54) is 12.1 Å². The fourth-order valence-electron chi connectivity index (χ4n) is 3.05. The lowest BCUT2D eigenvalue weighted by Crippen LogP contribution is -2.45. The van der Waals surface area contributed by atoms with Crippen LogP contribution in [0.3, 0.4) is 0 Å². The fraction of sp³-hybridized carbons (Fsp3) is 0.500. The summed E-state index contributed by atoms with van der Waals surface area (Å²) < 4.78 is 18.9. The molecule has 2 atom stereocenters. The van der Waals surface area contributed by atoms with E-state index in [1.54, 1.807) is 16.8 Å². The van der Waals surface area contributed by atoms with Gasteiger partial charge < -0.3 is 19.6 Å². The van der Waals surface area contributed by atoms with E-state index in [1.807, 2.05) is 0 Å². The summed E-state index contributed by atoms with van der Waals surface area (Å²) >= 11 is 0. The fourth-order valence-corrected chi connectivity index (χ4v) is 3.05. The van der Waals surface area contributed by atoms with Crippen LogP contribution in [-0.2, 0) is 20.7 Å². The number of hydrogen-bond acceptors (Lipinski definition) is 4. The van der Waals surface area contributed by atoms with Crippen LogP contribution < -0.4 is 0 Å². The highest BCUT2D eigenvalue weighted by atomic mass is 19.1. The molecular weight excluding hydrogens is 303 g/mol. The number of ether oxygens (including phenoxy) is 1. The first kappa shape index (κ1) is 15.7. The van der Waals surface area contributed by atoms with E-state index in [0.717, 1.165) is 6.07 Å². The Morgan fingerprint density at radius 3 is 2.91 bits per heavy atom. The summed E-state index contributed by atoms with van der Waals surface area (Å²) in [6, 6.07) is 3.76. The van der Waals surface area contributed by atoms with Gasteiger partial charge in [-0.3, -0.25) is 9.59 Å². The highest BCUT2D eigenvalue weighted by molar-refractivity contribution is 5.83. The Morgan fingerprint density at radius 2 is 2.17 bits per heavy atom. The van der Waals surface area contributed by atoms with E-state index in [9.17, 15) is 19.1 Å². The second-order valence-corrected chi connectivity index (χ2v) is 6.10. The van der Waals surface area contributed by atoms with Crippen molar-refractivity contribution in [3.05, 3.63) is 29.6 Å². The van der Waals surface area contributed by atoms with Gasteiger partial charge in [-0.05, 0) is 17.7 Å². The van der Waals surface area contributed by atoms with Crippen LogP contribution in [0.2, 0.25) is 0 Å². The largest absolute Gasteiger partial charge is 0.505 e. The molecule has 0 aliphatic carbocycles. The molecule has 2 saturated heterocycles. The molecule has 1 N–H and O–H groups in total. The first-order valence-corrected chi connectivity index (χ1v) is 7.55. The molecule has 0 spiro atoms. The van der Waals surface area contributed by atoms with Crippen molar-refractivity contribution in [1.29, 1.82) is 0 Å². The highest BCUT2D eigenvalue weighted by Crippen LogP contribution is 2.21. The number of hydrogen-bond donors (Lipinski definition) is 1. The van der Waals surface area contributed by atoms with E-state index in [0.29, 0.717) is 31.9 Å². The summed E-state index contributed by atoms with van der Waals surface area (Å²) in [7, 11) is 1.73. The van der Waals surface area contributed by atoms with Gasteiger partial charge in [0, 0.05) is 20.1 Å². The summed E-state index contributed by atoms with van der Waals surface area (Å²) in [5.74, 6) is -1.69. The number of carbonyl (C=O) groups is 2.